The molecule has 2 aliphatic heterocycles. The van der Waals surface area contributed by atoms with Gasteiger partial charge in [-0.3, -0.25) is 0 Å². The van der Waals surface area contributed by atoms with Gasteiger partial charge in [0.25, 0.3) is 0 Å². The van der Waals surface area contributed by atoms with E-state index in [1.807, 2.05) is 18.2 Å². The predicted molar refractivity (Wildman–Crippen MR) is 161 cm³/mol. The molecule has 7 nitrogen and oxygen atoms in total. The van der Waals surface area contributed by atoms with Crippen molar-refractivity contribution in [1.29, 1.82) is 0 Å². The van der Waals surface area contributed by atoms with Gasteiger partial charge in [0.15, 0.2) is 12.5 Å². The Morgan fingerprint density at radius 1 is 0.605 bits per heavy atom. The van der Waals surface area contributed by atoms with E-state index in [4.69, 9.17) is 33.3 Å². The van der Waals surface area contributed by atoms with Gasteiger partial charge in [0.05, 0.1) is 0 Å². The number of rotatable bonds is 12. The summed E-state index contributed by atoms with van der Waals surface area (Å²) in [6.07, 6.45) is -0.596. The molecule has 3 rings (SSSR count). The summed E-state index contributed by atoms with van der Waals surface area (Å²) in [6, 6.07) is 5.78. The highest BCUT2D eigenvalue weighted by Crippen LogP contribution is 2.44. The molecule has 3 heterocycles. The Morgan fingerprint density at radius 2 is 0.921 bits per heavy atom. The van der Waals surface area contributed by atoms with Crippen molar-refractivity contribution in [2.45, 2.75) is 129 Å². The van der Waals surface area contributed by atoms with Gasteiger partial charge < -0.3 is 18.3 Å². The van der Waals surface area contributed by atoms with Gasteiger partial charge in [-0.25, -0.2) is 15.0 Å². The summed E-state index contributed by atoms with van der Waals surface area (Å²) >= 11 is 0. The molecule has 0 saturated heterocycles. The third-order valence-electron chi connectivity index (χ3n) is 8.53. The number of pyridine rings is 1. The van der Waals surface area contributed by atoms with Crippen LogP contribution in [-0.4, -0.2) is 59.1 Å². The first-order valence-electron chi connectivity index (χ1n) is 14.5. The molecular weight excluding hydrogens is 511 g/mol. The van der Waals surface area contributed by atoms with Gasteiger partial charge in [-0.15, -0.1) is 0 Å². The molecule has 0 unspecified atom stereocenters. The summed E-state index contributed by atoms with van der Waals surface area (Å²) < 4.78 is 25.7. The largest absolute Gasteiger partial charge is 0.471 e. The van der Waals surface area contributed by atoms with Gasteiger partial charge in [-0.2, -0.15) is 0 Å². The van der Waals surface area contributed by atoms with Crippen LogP contribution in [-0.2, 0) is 18.3 Å². The van der Waals surface area contributed by atoms with Crippen molar-refractivity contribution in [3.8, 4) is 0 Å². The van der Waals surface area contributed by atoms with Crippen molar-refractivity contribution in [2.24, 2.45) is 9.98 Å². The van der Waals surface area contributed by atoms with E-state index in [9.17, 15) is 0 Å². The zero-order valence-corrected chi connectivity index (χ0v) is 27.7. The zero-order chi connectivity index (χ0) is 28.4. The highest BCUT2D eigenvalue weighted by atomic mass is 28.4. The van der Waals surface area contributed by atoms with Gasteiger partial charge in [0, 0.05) is 0 Å². The highest BCUT2D eigenvalue weighted by molar-refractivity contribution is 6.78. The first kappa shape index (κ1) is 31.0. The van der Waals surface area contributed by atoms with E-state index in [2.05, 4.69) is 83.1 Å². The topological polar surface area (TPSA) is 74.5 Å². The average Bonchev–Trinajstić information content (AvgIpc) is 3.49. The van der Waals surface area contributed by atoms with E-state index >= 15 is 0 Å². The lowest BCUT2D eigenvalue weighted by atomic mass is 10.3. The summed E-state index contributed by atoms with van der Waals surface area (Å²) in [5.74, 6) is 1.04. The summed E-state index contributed by atoms with van der Waals surface area (Å²) in [5.41, 5.74) is 4.26. The molecule has 0 saturated carbocycles. The number of hydrogen-bond acceptors (Lipinski definition) is 7. The second-order valence-electron chi connectivity index (χ2n) is 12.7. The van der Waals surface area contributed by atoms with Crippen molar-refractivity contribution in [1.82, 2.24) is 4.98 Å². The fourth-order valence-corrected chi connectivity index (χ4v) is 17.9. The molecule has 1 aromatic rings. The molecule has 214 valence electrons. The Morgan fingerprint density at radius 3 is 1.21 bits per heavy atom. The van der Waals surface area contributed by atoms with Crippen LogP contribution in [0, 0.1) is 0 Å². The summed E-state index contributed by atoms with van der Waals surface area (Å²) in [6.45, 7) is 28.3. The monoisotopic (exact) mass is 561 g/mol. The maximum absolute atomic E-state index is 6.82. The van der Waals surface area contributed by atoms with Crippen LogP contribution < -0.4 is 0 Å². The minimum atomic E-state index is -2.06. The molecule has 9 heteroatoms. The SMILES string of the molecule is CC(C)[Si](O[C@@H]1COC(c2cccc(C3=N[C@H](O[Si](C(C)C)(C(C)C)C(C)C)CO3)n2)=N1)(C(C)C)C(C)C. The van der Waals surface area contributed by atoms with E-state index in [1.165, 1.54) is 0 Å². The van der Waals surface area contributed by atoms with Crippen LogP contribution in [0.15, 0.2) is 28.2 Å². The molecule has 2 atom stereocenters. The van der Waals surface area contributed by atoms with Crippen molar-refractivity contribution < 1.29 is 18.3 Å². The quantitative estimate of drug-likeness (QED) is 0.245. The fraction of sp³-hybridized carbons (Fsp3) is 0.759. The van der Waals surface area contributed by atoms with E-state index < -0.39 is 16.6 Å². The summed E-state index contributed by atoms with van der Waals surface area (Å²) in [7, 11) is -4.13. The second-order valence-corrected chi connectivity index (χ2v) is 23.5. The van der Waals surface area contributed by atoms with Crippen LogP contribution in [0.5, 0.6) is 0 Å². The van der Waals surface area contributed by atoms with Gasteiger partial charge in [-0.1, -0.05) is 89.2 Å². The molecule has 2 aliphatic rings. The molecule has 38 heavy (non-hydrogen) atoms. The average molecular weight is 562 g/mol. The van der Waals surface area contributed by atoms with E-state index in [0.717, 1.165) is 0 Å². The van der Waals surface area contributed by atoms with Crippen molar-refractivity contribution in [3.05, 3.63) is 29.6 Å². The Balaban J connectivity index is 1.80. The van der Waals surface area contributed by atoms with Gasteiger partial charge in [0.1, 0.15) is 24.6 Å². The summed E-state index contributed by atoms with van der Waals surface area (Å²) in [5, 5.41) is 0. The lowest BCUT2D eigenvalue weighted by Gasteiger charge is -2.43. The Bertz CT molecular complexity index is 888. The molecule has 0 amide bonds. The van der Waals surface area contributed by atoms with E-state index in [1.54, 1.807) is 0 Å². The number of hydrogen-bond donors (Lipinski definition) is 0. The van der Waals surface area contributed by atoms with Crippen LogP contribution in [0.2, 0.25) is 33.2 Å². The Labute approximate surface area is 233 Å². The first-order chi connectivity index (χ1) is 17.7. The number of ether oxygens (including phenoxy) is 2. The van der Waals surface area contributed by atoms with Crippen LogP contribution >= 0.6 is 0 Å². The van der Waals surface area contributed by atoms with Crippen molar-refractivity contribution in [2.75, 3.05) is 13.2 Å². The van der Waals surface area contributed by atoms with Crippen LogP contribution in [0.1, 0.15) is 94.5 Å². The Hall–Kier alpha value is -1.56. The van der Waals surface area contributed by atoms with Gasteiger partial charge >= 0.3 is 0 Å². The molecule has 0 radical (unpaired) electrons. The lowest BCUT2D eigenvalue weighted by molar-refractivity contribution is 0.140. The predicted octanol–water partition coefficient (Wildman–Crippen LogP) is 7.67. The van der Waals surface area contributed by atoms with Crippen LogP contribution in [0.25, 0.3) is 0 Å². The van der Waals surface area contributed by atoms with Crippen molar-refractivity contribution >= 4 is 28.4 Å². The molecule has 0 aromatic carbocycles. The maximum Gasteiger partial charge on any atom is 0.238 e. The minimum absolute atomic E-state index is 0.298. The number of nitrogens with zero attached hydrogens (tertiary/aromatic N) is 3. The minimum Gasteiger partial charge on any atom is -0.471 e. The van der Waals surface area contributed by atoms with Gasteiger partial charge in [0.2, 0.25) is 28.4 Å². The molecule has 0 spiro atoms. The molecular formula is C29H51N3O4Si2. The number of aromatic nitrogens is 1. The molecule has 0 aliphatic carbocycles. The third-order valence-corrected chi connectivity index (χ3v) is 20.7. The highest BCUT2D eigenvalue weighted by Gasteiger charge is 2.48. The van der Waals surface area contributed by atoms with E-state index in [0.29, 0.717) is 69.6 Å². The van der Waals surface area contributed by atoms with Crippen LogP contribution in [0.3, 0.4) is 0 Å². The fourth-order valence-electron chi connectivity index (χ4n) is 7.07. The lowest BCUT2D eigenvalue weighted by Crippen LogP contribution is -2.50. The molecule has 0 fully saturated rings. The third kappa shape index (κ3) is 5.95. The first-order valence-corrected chi connectivity index (χ1v) is 18.8. The standard InChI is InChI=1S/C29H51N3O4Si2/c1-18(2)37(19(3)4,20(5)6)35-26-16-33-28(31-26)24-14-13-15-25(30-24)29-32-27(17-34-29)36-38(21(7)8,22(9)10)23(11)12/h13-15,18-23,26-27H,16-17H2,1-12H3/t26-,27-/m1/s1. The Kier molecular flexibility index (Phi) is 10.0. The molecule has 1 aromatic heterocycles. The van der Waals surface area contributed by atoms with E-state index in [-0.39, 0.29) is 12.5 Å². The van der Waals surface area contributed by atoms with Crippen LogP contribution in [0.4, 0.5) is 0 Å². The van der Waals surface area contributed by atoms with Crippen molar-refractivity contribution in [3.63, 3.8) is 0 Å². The smallest absolute Gasteiger partial charge is 0.238 e. The molecule has 0 N–H and O–H groups in total. The summed E-state index contributed by atoms with van der Waals surface area (Å²) in [4.78, 5) is 14.5. The number of aliphatic imine (C=N–C) groups is 2. The normalized spacial score (nSPS) is 20.7. The second kappa shape index (κ2) is 12.3. The maximum atomic E-state index is 6.82. The molecule has 0 bridgehead atoms. The zero-order valence-electron chi connectivity index (χ0n) is 25.7. The van der Waals surface area contributed by atoms with Gasteiger partial charge in [-0.05, 0) is 45.4 Å².